The molecule has 9 heteroatoms. The van der Waals surface area contributed by atoms with E-state index in [1.54, 1.807) is 6.92 Å². The fourth-order valence-electron chi connectivity index (χ4n) is 2.26. The molecule has 0 aliphatic carbocycles. The van der Waals surface area contributed by atoms with Gasteiger partial charge < -0.3 is 14.6 Å². The quantitative estimate of drug-likeness (QED) is 0.701. The van der Waals surface area contributed by atoms with Crippen molar-refractivity contribution in [3.05, 3.63) is 47.2 Å². The minimum Gasteiger partial charge on any atom is -0.472 e. The maximum Gasteiger partial charge on any atom is 0.269 e. The second kappa shape index (κ2) is 7.34. The van der Waals surface area contributed by atoms with Crippen LogP contribution in [0.3, 0.4) is 0 Å². The van der Waals surface area contributed by atoms with Crippen molar-refractivity contribution in [3.63, 3.8) is 0 Å². The minimum atomic E-state index is -0.435. The molecule has 0 radical (unpaired) electrons. The zero-order chi connectivity index (χ0) is 18.7. The molecule has 0 atom stereocenters. The number of H-pyrrole nitrogens is 1. The normalized spacial score (nSPS) is 11.0. The van der Waals surface area contributed by atoms with Gasteiger partial charge in [-0.3, -0.25) is 14.9 Å². The van der Waals surface area contributed by atoms with Crippen molar-refractivity contribution in [2.24, 2.45) is 0 Å². The average molecular weight is 359 g/mol. The van der Waals surface area contributed by atoms with Crippen LogP contribution in [0.4, 0.5) is 4.39 Å². The van der Waals surface area contributed by atoms with Crippen molar-refractivity contribution < 1.29 is 18.4 Å². The van der Waals surface area contributed by atoms with Gasteiger partial charge in [-0.05, 0) is 32.9 Å². The molecule has 1 amide bonds. The highest BCUT2D eigenvalue weighted by Gasteiger charge is 2.18. The lowest BCUT2D eigenvalue weighted by atomic mass is 10.1. The highest BCUT2D eigenvalue weighted by atomic mass is 19.1. The van der Waals surface area contributed by atoms with E-state index in [0.717, 1.165) is 6.20 Å². The summed E-state index contributed by atoms with van der Waals surface area (Å²) in [6.07, 6.45) is 1.11. The smallest absolute Gasteiger partial charge is 0.269 e. The maximum absolute atomic E-state index is 13.0. The zero-order valence-corrected chi connectivity index (χ0v) is 14.5. The molecule has 8 nitrogen and oxygen atoms in total. The van der Waals surface area contributed by atoms with Gasteiger partial charge in [0.1, 0.15) is 29.6 Å². The van der Waals surface area contributed by atoms with E-state index >= 15 is 0 Å². The van der Waals surface area contributed by atoms with E-state index < -0.39 is 5.82 Å². The molecule has 0 fully saturated rings. The Balaban J connectivity index is 1.73. The predicted molar refractivity (Wildman–Crippen MR) is 90.0 cm³/mol. The molecule has 3 rings (SSSR count). The van der Waals surface area contributed by atoms with Gasteiger partial charge in [0.25, 0.3) is 5.91 Å². The number of aromatic amines is 1. The number of nitrogens with zero attached hydrogens (tertiary/aromatic N) is 3. The van der Waals surface area contributed by atoms with E-state index in [1.807, 2.05) is 13.8 Å². The minimum absolute atomic E-state index is 0.0144. The molecule has 2 N–H and O–H groups in total. The van der Waals surface area contributed by atoms with Crippen molar-refractivity contribution >= 4 is 5.91 Å². The molecule has 0 aromatic carbocycles. The van der Waals surface area contributed by atoms with E-state index in [-0.39, 0.29) is 24.4 Å². The third kappa shape index (κ3) is 3.88. The van der Waals surface area contributed by atoms with Gasteiger partial charge in [-0.15, -0.1) is 5.10 Å². The number of pyridine rings is 1. The van der Waals surface area contributed by atoms with Crippen molar-refractivity contribution in [1.29, 1.82) is 0 Å². The van der Waals surface area contributed by atoms with Crippen LogP contribution < -0.4 is 10.1 Å². The summed E-state index contributed by atoms with van der Waals surface area (Å²) < 4.78 is 23.9. The summed E-state index contributed by atoms with van der Waals surface area (Å²) >= 11 is 0. The monoisotopic (exact) mass is 359 g/mol. The Labute approximate surface area is 148 Å². The van der Waals surface area contributed by atoms with Crippen molar-refractivity contribution in [1.82, 2.24) is 25.7 Å². The molecular formula is C17H18FN5O3. The van der Waals surface area contributed by atoms with Gasteiger partial charge >= 0.3 is 0 Å². The number of aromatic nitrogens is 4. The fraction of sp³-hybridized carbons (Fsp3) is 0.294. The summed E-state index contributed by atoms with van der Waals surface area (Å²) in [6, 6.07) is 4.33. The van der Waals surface area contributed by atoms with E-state index in [2.05, 4.69) is 25.7 Å². The van der Waals surface area contributed by atoms with E-state index in [0.29, 0.717) is 28.4 Å². The van der Waals surface area contributed by atoms with Crippen LogP contribution >= 0.6 is 0 Å². The molecule has 0 aliphatic heterocycles. The molecular weight excluding hydrogens is 341 g/mol. The van der Waals surface area contributed by atoms with Crippen molar-refractivity contribution in [2.45, 2.75) is 33.4 Å². The molecule has 0 bridgehead atoms. The molecule has 3 aromatic heterocycles. The largest absolute Gasteiger partial charge is 0.472 e. The zero-order valence-electron chi connectivity index (χ0n) is 14.5. The number of hydrogen-bond acceptors (Lipinski definition) is 6. The Morgan fingerprint density at radius 1 is 1.42 bits per heavy atom. The molecule has 0 unspecified atom stereocenters. The number of amides is 1. The van der Waals surface area contributed by atoms with Crippen molar-refractivity contribution in [3.8, 4) is 17.3 Å². The van der Waals surface area contributed by atoms with Crippen LogP contribution in [-0.4, -0.2) is 32.3 Å². The molecule has 3 heterocycles. The van der Waals surface area contributed by atoms with Crippen LogP contribution in [0.15, 0.2) is 28.9 Å². The van der Waals surface area contributed by atoms with Crippen LogP contribution in [-0.2, 0) is 6.61 Å². The van der Waals surface area contributed by atoms with Crippen LogP contribution in [0.25, 0.3) is 11.4 Å². The third-order valence-electron chi connectivity index (χ3n) is 3.54. The third-order valence-corrected chi connectivity index (χ3v) is 3.54. The first kappa shape index (κ1) is 17.6. The summed E-state index contributed by atoms with van der Waals surface area (Å²) in [7, 11) is 0. The lowest BCUT2D eigenvalue weighted by molar-refractivity contribution is 0.0938. The molecule has 0 spiro atoms. The Hall–Kier alpha value is -3.23. The second-order valence-electron chi connectivity index (χ2n) is 5.96. The Morgan fingerprint density at radius 3 is 2.92 bits per heavy atom. The van der Waals surface area contributed by atoms with Gasteiger partial charge in [-0.25, -0.2) is 4.39 Å². The number of halogens is 1. The first-order valence-electron chi connectivity index (χ1n) is 8.00. The van der Waals surface area contributed by atoms with Gasteiger partial charge in [-0.1, -0.05) is 5.16 Å². The number of rotatable bonds is 6. The highest BCUT2D eigenvalue weighted by molar-refractivity contribution is 5.92. The number of hydrogen-bond donors (Lipinski definition) is 2. The number of ether oxygens (including phenoxy) is 1. The summed E-state index contributed by atoms with van der Waals surface area (Å²) in [5.74, 6) is 0.118. The van der Waals surface area contributed by atoms with Crippen molar-refractivity contribution in [2.75, 3.05) is 0 Å². The number of aryl methyl sites for hydroxylation is 1. The predicted octanol–water partition coefficient (Wildman–Crippen LogP) is 2.62. The molecule has 136 valence electrons. The number of nitrogens with one attached hydrogen (secondary N) is 2. The Bertz CT molecular complexity index is 902. The van der Waals surface area contributed by atoms with Gasteiger partial charge in [-0.2, -0.15) is 0 Å². The summed E-state index contributed by atoms with van der Waals surface area (Å²) in [5, 5.41) is 13.3. The number of carbonyl (C=O) groups is 1. The summed E-state index contributed by atoms with van der Waals surface area (Å²) in [6.45, 7) is 5.58. The molecule has 3 aromatic rings. The Kier molecular flexibility index (Phi) is 4.97. The molecule has 0 aliphatic rings. The van der Waals surface area contributed by atoms with Gasteiger partial charge in [0.15, 0.2) is 0 Å². The second-order valence-corrected chi connectivity index (χ2v) is 5.96. The van der Waals surface area contributed by atoms with Crippen LogP contribution in [0.5, 0.6) is 5.88 Å². The summed E-state index contributed by atoms with van der Waals surface area (Å²) in [5.41, 5.74) is 1.91. The standard InChI is InChI=1S/C17H18FN5O3/c1-9(2)20-17(24)14-6-15(22-21-14)25-8-12-10(3)26-23-16(12)13-5-4-11(18)7-19-13/h4-7,9H,8H2,1-3H3,(H,20,24)(H,21,22). The maximum atomic E-state index is 13.0. The first-order valence-corrected chi connectivity index (χ1v) is 8.00. The average Bonchev–Trinajstić information content (AvgIpc) is 3.20. The lowest BCUT2D eigenvalue weighted by Crippen LogP contribution is -2.30. The topological polar surface area (TPSA) is 106 Å². The van der Waals surface area contributed by atoms with E-state index in [1.165, 1.54) is 18.2 Å². The highest BCUT2D eigenvalue weighted by Crippen LogP contribution is 2.25. The first-order chi connectivity index (χ1) is 12.4. The molecule has 26 heavy (non-hydrogen) atoms. The van der Waals surface area contributed by atoms with Crippen LogP contribution in [0.1, 0.15) is 35.7 Å². The van der Waals surface area contributed by atoms with Crippen LogP contribution in [0.2, 0.25) is 0 Å². The van der Waals surface area contributed by atoms with E-state index in [9.17, 15) is 9.18 Å². The fourth-order valence-corrected chi connectivity index (χ4v) is 2.26. The Morgan fingerprint density at radius 2 is 2.23 bits per heavy atom. The summed E-state index contributed by atoms with van der Waals surface area (Å²) in [4.78, 5) is 15.9. The molecule has 0 saturated carbocycles. The van der Waals surface area contributed by atoms with Gasteiger partial charge in [0, 0.05) is 12.1 Å². The van der Waals surface area contributed by atoms with Gasteiger partial charge in [0.05, 0.1) is 17.5 Å². The molecule has 0 saturated heterocycles. The lowest BCUT2D eigenvalue weighted by Gasteiger charge is -2.05. The number of carbonyl (C=O) groups excluding carboxylic acids is 1. The van der Waals surface area contributed by atoms with Crippen LogP contribution in [0, 0.1) is 12.7 Å². The van der Waals surface area contributed by atoms with E-state index in [4.69, 9.17) is 9.26 Å². The SMILES string of the molecule is Cc1onc(-c2ccc(F)cn2)c1COc1cc(C(=O)NC(C)C)[nH]n1. The van der Waals surface area contributed by atoms with Gasteiger partial charge in [0.2, 0.25) is 5.88 Å².